The lowest BCUT2D eigenvalue weighted by Crippen LogP contribution is -2.61. The first-order chi connectivity index (χ1) is 15.1. The monoisotopic (exact) mass is 462 g/mol. The number of hydrogen-bond donors (Lipinski definition) is 5. The Hall–Kier alpha value is -1.21. The molecule has 4 aliphatic rings. The number of ketones is 1. The van der Waals surface area contributed by atoms with Crippen molar-refractivity contribution in [3.05, 3.63) is 23.5 Å². The highest BCUT2D eigenvalue weighted by Crippen LogP contribution is 2.68. The number of allylic oxidation sites excluding steroid dienone is 3. The van der Waals surface area contributed by atoms with Crippen LogP contribution in [-0.2, 0) is 4.79 Å². The fourth-order valence-electron chi connectivity index (χ4n) is 8.01. The van der Waals surface area contributed by atoms with E-state index >= 15 is 0 Å². The molecule has 5 N–H and O–H groups in total. The van der Waals surface area contributed by atoms with E-state index in [0.717, 1.165) is 12.0 Å². The third-order valence-electron chi connectivity index (χ3n) is 10.1. The van der Waals surface area contributed by atoms with Crippen LogP contribution in [0, 0.1) is 28.6 Å². The second-order valence-electron chi connectivity index (χ2n) is 12.7. The van der Waals surface area contributed by atoms with E-state index in [1.165, 1.54) is 0 Å². The molecule has 8 atom stereocenters. The quantitative estimate of drug-likeness (QED) is 0.426. The molecular weight excluding hydrogens is 420 g/mol. The van der Waals surface area contributed by atoms with Crippen LogP contribution in [0.4, 0.5) is 0 Å². The molecule has 186 valence electrons. The molecule has 4 aliphatic carbocycles. The SMILES string of the molecule is CC(C)(O)CC[C@@H](O)C(C)(O)[C@@H]1CC[C@@]2(O)C3=CC(=O)[C@@H]4CC=C(O)C[C@]4(C)C3CC[C@]12C. The molecule has 6 nitrogen and oxygen atoms in total. The Bertz CT molecular complexity index is 882. The molecule has 2 saturated carbocycles. The van der Waals surface area contributed by atoms with Crippen LogP contribution >= 0.6 is 0 Å². The van der Waals surface area contributed by atoms with Gasteiger partial charge in [0.15, 0.2) is 5.78 Å². The third-order valence-corrected chi connectivity index (χ3v) is 10.1. The van der Waals surface area contributed by atoms with E-state index in [1.807, 2.05) is 6.92 Å². The number of fused-ring (bicyclic) bond motifs is 5. The van der Waals surface area contributed by atoms with Crippen molar-refractivity contribution in [2.75, 3.05) is 0 Å². The van der Waals surface area contributed by atoms with Gasteiger partial charge in [0.25, 0.3) is 0 Å². The van der Waals surface area contributed by atoms with Gasteiger partial charge in [0.2, 0.25) is 0 Å². The summed E-state index contributed by atoms with van der Waals surface area (Å²) in [7, 11) is 0. The lowest BCUT2D eigenvalue weighted by molar-refractivity contribution is -0.170. The first-order valence-corrected chi connectivity index (χ1v) is 12.6. The highest BCUT2D eigenvalue weighted by Gasteiger charge is 2.68. The van der Waals surface area contributed by atoms with Crippen molar-refractivity contribution in [2.45, 2.75) is 109 Å². The lowest BCUT2D eigenvalue weighted by atomic mass is 9.46. The number of carbonyl (C=O) groups is 1. The molecule has 0 aliphatic heterocycles. The largest absolute Gasteiger partial charge is 0.513 e. The van der Waals surface area contributed by atoms with E-state index in [9.17, 15) is 30.3 Å². The molecule has 33 heavy (non-hydrogen) atoms. The van der Waals surface area contributed by atoms with Gasteiger partial charge in [0.05, 0.1) is 28.7 Å². The van der Waals surface area contributed by atoms with Crippen molar-refractivity contribution >= 4 is 5.78 Å². The standard InChI is InChI=1S/C27H42O6/c1-23(2,31)11-10-22(30)26(5,32)21-9-13-27(33)19-14-20(29)18-7-6-16(28)15-24(18,3)17(19)8-12-25(21,27)4/h6,14,17-18,21-22,28,30-33H,7-13,15H2,1-5H3/t17?,18-,21+,22+,24+,25+,26?,27+/m0/s1. The number of aliphatic hydroxyl groups is 5. The molecule has 0 amide bonds. The zero-order valence-corrected chi connectivity index (χ0v) is 20.8. The molecule has 0 aromatic carbocycles. The van der Waals surface area contributed by atoms with Crippen LogP contribution in [0.25, 0.3) is 0 Å². The summed E-state index contributed by atoms with van der Waals surface area (Å²) in [4.78, 5) is 13.2. The van der Waals surface area contributed by atoms with Gasteiger partial charge in [-0.15, -0.1) is 0 Å². The minimum absolute atomic E-state index is 0.00191. The summed E-state index contributed by atoms with van der Waals surface area (Å²) in [6, 6.07) is 0. The zero-order chi connectivity index (χ0) is 24.6. The van der Waals surface area contributed by atoms with E-state index in [1.54, 1.807) is 32.9 Å². The average Bonchev–Trinajstić information content (AvgIpc) is 2.97. The summed E-state index contributed by atoms with van der Waals surface area (Å²) in [6.07, 6.45) is 6.40. The smallest absolute Gasteiger partial charge is 0.159 e. The molecule has 2 fully saturated rings. The molecule has 0 bridgehead atoms. The van der Waals surface area contributed by atoms with Crippen LogP contribution in [-0.4, -0.2) is 54.2 Å². The summed E-state index contributed by atoms with van der Waals surface area (Å²) < 4.78 is 0. The van der Waals surface area contributed by atoms with Gasteiger partial charge in [0.1, 0.15) is 0 Å². The van der Waals surface area contributed by atoms with E-state index in [0.29, 0.717) is 44.3 Å². The van der Waals surface area contributed by atoms with E-state index in [-0.39, 0.29) is 30.0 Å². The van der Waals surface area contributed by atoms with Crippen molar-refractivity contribution < 1.29 is 30.3 Å². The zero-order valence-electron chi connectivity index (χ0n) is 20.8. The molecule has 0 saturated heterocycles. The molecule has 0 radical (unpaired) electrons. The van der Waals surface area contributed by atoms with Crippen LogP contribution in [0.15, 0.2) is 23.5 Å². The molecule has 6 heteroatoms. The fourth-order valence-corrected chi connectivity index (χ4v) is 8.01. The van der Waals surface area contributed by atoms with Crippen molar-refractivity contribution in [3.63, 3.8) is 0 Å². The van der Waals surface area contributed by atoms with E-state index in [4.69, 9.17) is 0 Å². The van der Waals surface area contributed by atoms with Crippen LogP contribution in [0.3, 0.4) is 0 Å². The van der Waals surface area contributed by atoms with Crippen LogP contribution < -0.4 is 0 Å². The lowest BCUT2D eigenvalue weighted by Gasteiger charge is -2.59. The Morgan fingerprint density at radius 2 is 1.79 bits per heavy atom. The van der Waals surface area contributed by atoms with Crippen molar-refractivity contribution in [1.29, 1.82) is 0 Å². The van der Waals surface area contributed by atoms with Gasteiger partial charge < -0.3 is 25.5 Å². The second-order valence-corrected chi connectivity index (χ2v) is 12.7. The molecule has 0 aromatic rings. The molecular formula is C27H42O6. The number of carbonyl (C=O) groups excluding carboxylic acids is 1. The van der Waals surface area contributed by atoms with Gasteiger partial charge in [-0.2, -0.15) is 0 Å². The summed E-state index contributed by atoms with van der Waals surface area (Å²) >= 11 is 0. The summed E-state index contributed by atoms with van der Waals surface area (Å²) in [6.45, 7) is 9.09. The maximum Gasteiger partial charge on any atom is 0.159 e. The van der Waals surface area contributed by atoms with Gasteiger partial charge in [-0.25, -0.2) is 0 Å². The second kappa shape index (κ2) is 7.64. The summed E-state index contributed by atoms with van der Waals surface area (Å²) in [5.41, 5.74) is -3.96. The topological polar surface area (TPSA) is 118 Å². The van der Waals surface area contributed by atoms with Crippen molar-refractivity contribution in [1.82, 2.24) is 0 Å². The van der Waals surface area contributed by atoms with E-state index in [2.05, 4.69) is 6.92 Å². The van der Waals surface area contributed by atoms with Crippen molar-refractivity contribution in [2.24, 2.45) is 28.6 Å². The highest BCUT2D eigenvalue weighted by atomic mass is 16.3. The molecule has 0 spiro atoms. The minimum atomic E-state index is -1.44. The molecule has 2 unspecified atom stereocenters. The minimum Gasteiger partial charge on any atom is -0.513 e. The average molecular weight is 463 g/mol. The first-order valence-electron chi connectivity index (χ1n) is 12.6. The van der Waals surface area contributed by atoms with E-state index < -0.39 is 33.7 Å². The van der Waals surface area contributed by atoms with Gasteiger partial charge in [-0.05, 0) is 101 Å². The van der Waals surface area contributed by atoms with Crippen LogP contribution in [0.2, 0.25) is 0 Å². The first kappa shape index (κ1) is 24.9. The van der Waals surface area contributed by atoms with Gasteiger partial charge in [0, 0.05) is 17.8 Å². The van der Waals surface area contributed by atoms with Gasteiger partial charge >= 0.3 is 0 Å². The Balaban J connectivity index is 1.66. The highest BCUT2D eigenvalue weighted by molar-refractivity contribution is 5.95. The number of hydrogen-bond acceptors (Lipinski definition) is 6. The Labute approximate surface area is 197 Å². The molecule has 4 rings (SSSR count). The molecule has 0 heterocycles. The Morgan fingerprint density at radius 1 is 1.12 bits per heavy atom. The normalized spacial score (nSPS) is 43.5. The van der Waals surface area contributed by atoms with Crippen molar-refractivity contribution in [3.8, 4) is 0 Å². The predicted octanol–water partition coefficient (Wildman–Crippen LogP) is 3.57. The molecule has 0 aromatic heterocycles. The van der Waals surface area contributed by atoms with Gasteiger partial charge in [-0.1, -0.05) is 13.8 Å². The maximum absolute atomic E-state index is 13.2. The third kappa shape index (κ3) is 3.64. The number of aliphatic hydroxyl groups excluding tert-OH is 2. The summed E-state index contributed by atoms with van der Waals surface area (Å²) in [5.74, 6) is -0.193. The maximum atomic E-state index is 13.2. The summed E-state index contributed by atoms with van der Waals surface area (Å²) in [5, 5.41) is 55.1. The van der Waals surface area contributed by atoms with Crippen LogP contribution in [0.1, 0.15) is 86.0 Å². The van der Waals surface area contributed by atoms with Gasteiger partial charge in [-0.3, -0.25) is 4.79 Å². The Kier molecular flexibility index (Phi) is 5.77. The number of rotatable bonds is 5. The van der Waals surface area contributed by atoms with Crippen LogP contribution in [0.5, 0.6) is 0 Å². The fraction of sp³-hybridized carbons (Fsp3) is 0.815. The predicted molar refractivity (Wildman–Crippen MR) is 125 cm³/mol. The Morgan fingerprint density at radius 3 is 2.42 bits per heavy atom.